The minimum Gasteiger partial charge on any atom is -0.493 e. The molecule has 0 spiro atoms. The fourth-order valence-corrected chi connectivity index (χ4v) is 3.02. The fraction of sp³-hybridized carbons (Fsp3) is 0.150. The van der Waals surface area contributed by atoms with Gasteiger partial charge in [-0.05, 0) is 48.6 Å². The van der Waals surface area contributed by atoms with Crippen LogP contribution in [0.3, 0.4) is 0 Å². The minimum atomic E-state index is -0.262. The largest absolute Gasteiger partial charge is 0.493 e. The molecule has 0 unspecified atom stereocenters. The summed E-state index contributed by atoms with van der Waals surface area (Å²) >= 11 is 4.93. The number of rotatable bonds is 5. The first-order valence-electron chi connectivity index (χ1n) is 8.33. The molecule has 0 atom stereocenters. The van der Waals surface area contributed by atoms with Gasteiger partial charge in [-0.25, -0.2) is 0 Å². The zero-order valence-corrected chi connectivity index (χ0v) is 16.4. The summed E-state index contributed by atoms with van der Waals surface area (Å²) in [5.74, 6) is 2.10. The maximum atomic E-state index is 11.7. The first-order valence-corrected chi connectivity index (χ1v) is 8.74. The van der Waals surface area contributed by atoms with Crippen LogP contribution in [0.1, 0.15) is 6.92 Å². The number of hydrogen-bond donors (Lipinski definition) is 1. The second kappa shape index (κ2) is 8.10. The van der Waals surface area contributed by atoms with Gasteiger partial charge in [0.1, 0.15) is 11.5 Å². The molecule has 0 fully saturated rings. The van der Waals surface area contributed by atoms with Gasteiger partial charge in [0.05, 0.1) is 25.4 Å². The highest BCUT2D eigenvalue weighted by atomic mass is 32.1. The monoisotopic (exact) mass is 397 g/mol. The number of methoxy groups -OCH3 is 2. The van der Waals surface area contributed by atoms with E-state index in [0.717, 1.165) is 5.39 Å². The Morgan fingerprint density at radius 2 is 1.68 bits per heavy atom. The first-order chi connectivity index (χ1) is 13.4. The van der Waals surface area contributed by atoms with E-state index in [-0.39, 0.29) is 11.0 Å². The molecule has 0 aliphatic rings. The van der Waals surface area contributed by atoms with E-state index >= 15 is 0 Å². The number of carbonyl (C=O) groups excluding carboxylic acids is 1. The number of amides is 1. The summed E-state index contributed by atoms with van der Waals surface area (Å²) < 4.78 is 16.7. The van der Waals surface area contributed by atoms with E-state index in [0.29, 0.717) is 34.2 Å². The van der Waals surface area contributed by atoms with Crippen molar-refractivity contribution in [2.75, 3.05) is 19.1 Å². The van der Waals surface area contributed by atoms with E-state index < -0.39 is 0 Å². The summed E-state index contributed by atoms with van der Waals surface area (Å²) in [5, 5.41) is 0.764. The highest BCUT2D eigenvalue weighted by Gasteiger charge is 2.15. The second-order valence-corrected chi connectivity index (χ2v) is 6.24. The molecule has 2 aromatic carbocycles. The van der Waals surface area contributed by atoms with Gasteiger partial charge in [0.25, 0.3) is 0 Å². The third-order valence-corrected chi connectivity index (χ3v) is 4.25. The Kier molecular flexibility index (Phi) is 5.60. The molecule has 0 bridgehead atoms. The predicted octanol–water partition coefficient (Wildman–Crippen LogP) is 3.64. The molecule has 1 aromatic heterocycles. The fourth-order valence-electron chi connectivity index (χ4n) is 2.79. The predicted molar refractivity (Wildman–Crippen MR) is 111 cm³/mol. The molecule has 1 heterocycles. The molecule has 28 heavy (non-hydrogen) atoms. The van der Waals surface area contributed by atoms with Crippen LogP contribution < -0.4 is 24.8 Å². The van der Waals surface area contributed by atoms with Gasteiger partial charge in [0.15, 0.2) is 16.6 Å². The number of hydrogen-bond acceptors (Lipinski definition) is 6. The molecule has 2 N–H and O–H groups in total. The summed E-state index contributed by atoms with van der Waals surface area (Å²) in [5.41, 5.74) is 6.90. The number of nitrogens with zero attached hydrogens (tertiary/aromatic N) is 2. The van der Waals surface area contributed by atoms with Gasteiger partial charge in [-0.15, -0.1) is 0 Å². The van der Waals surface area contributed by atoms with Crippen molar-refractivity contribution in [1.82, 2.24) is 4.98 Å². The Hall–Kier alpha value is -3.39. The molecule has 3 rings (SSSR count). The van der Waals surface area contributed by atoms with Crippen LogP contribution in [0.15, 0.2) is 48.7 Å². The number of anilines is 1. The lowest BCUT2D eigenvalue weighted by molar-refractivity contribution is -0.115. The molecule has 0 saturated heterocycles. The van der Waals surface area contributed by atoms with Crippen LogP contribution in [0.5, 0.6) is 23.0 Å². The molecule has 8 heteroatoms. The quantitative estimate of drug-likeness (QED) is 0.658. The van der Waals surface area contributed by atoms with E-state index in [1.807, 2.05) is 6.07 Å². The third kappa shape index (κ3) is 3.81. The van der Waals surface area contributed by atoms with E-state index in [1.54, 1.807) is 56.8 Å². The number of pyridine rings is 1. The highest BCUT2D eigenvalue weighted by molar-refractivity contribution is 7.80. The molecular formula is C20H19N3O4S. The number of benzene rings is 2. The molecule has 144 valence electrons. The average Bonchev–Trinajstić information content (AvgIpc) is 2.68. The molecule has 1 amide bonds. The Bertz CT molecular complexity index is 1020. The number of nitrogens with two attached hydrogens (primary N) is 1. The van der Waals surface area contributed by atoms with Gasteiger partial charge in [0.2, 0.25) is 5.91 Å². The van der Waals surface area contributed by atoms with Crippen molar-refractivity contribution in [3.63, 3.8) is 0 Å². The molecule has 0 radical (unpaired) electrons. The average molecular weight is 397 g/mol. The maximum Gasteiger partial charge on any atom is 0.230 e. The summed E-state index contributed by atoms with van der Waals surface area (Å²) in [7, 11) is 3.14. The SMILES string of the molecule is COc1cc2nccc(Oc3ccc(N(C(C)=O)C(N)=S)cc3)c2cc1OC. The van der Waals surface area contributed by atoms with E-state index in [4.69, 9.17) is 32.2 Å². The summed E-state index contributed by atoms with van der Waals surface area (Å²) in [6.07, 6.45) is 1.66. The Morgan fingerprint density at radius 1 is 1.04 bits per heavy atom. The number of ether oxygens (including phenoxy) is 3. The van der Waals surface area contributed by atoms with Crippen molar-refractivity contribution >= 4 is 39.8 Å². The van der Waals surface area contributed by atoms with Crippen molar-refractivity contribution < 1.29 is 19.0 Å². The molecule has 7 nitrogen and oxygen atoms in total. The van der Waals surface area contributed by atoms with Crippen molar-refractivity contribution in [1.29, 1.82) is 0 Å². The van der Waals surface area contributed by atoms with Crippen LogP contribution in [-0.4, -0.2) is 30.2 Å². The standard InChI is InChI=1S/C20H19N3O4S/c1-12(24)23(20(21)28)13-4-6-14(7-5-13)27-17-8-9-22-16-11-19(26-3)18(25-2)10-15(16)17/h4-11H,1-3H3,(H2,21,28). The lowest BCUT2D eigenvalue weighted by atomic mass is 10.2. The Balaban J connectivity index is 1.94. The van der Waals surface area contributed by atoms with Crippen LogP contribution in [0.2, 0.25) is 0 Å². The van der Waals surface area contributed by atoms with Gasteiger partial charge in [-0.2, -0.15) is 0 Å². The topological polar surface area (TPSA) is 86.9 Å². The van der Waals surface area contributed by atoms with Crippen molar-refractivity contribution in [2.45, 2.75) is 6.92 Å². The number of carbonyl (C=O) groups is 1. The Labute approximate surface area is 167 Å². The summed E-state index contributed by atoms with van der Waals surface area (Å²) in [6.45, 7) is 1.40. The lowest BCUT2D eigenvalue weighted by Crippen LogP contribution is -2.39. The van der Waals surface area contributed by atoms with Gasteiger partial charge < -0.3 is 19.9 Å². The van der Waals surface area contributed by atoms with Crippen LogP contribution >= 0.6 is 12.2 Å². The van der Waals surface area contributed by atoms with Crippen LogP contribution in [0.25, 0.3) is 10.9 Å². The van der Waals surface area contributed by atoms with Crippen molar-refractivity contribution in [3.8, 4) is 23.0 Å². The second-order valence-electron chi connectivity index (χ2n) is 5.82. The van der Waals surface area contributed by atoms with E-state index in [9.17, 15) is 4.79 Å². The minimum absolute atomic E-state index is 0.0117. The zero-order chi connectivity index (χ0) is 20.3. The molecular weight excluding hydrogens is 378 g/mol. The summed E-state index contributed by atoms with van der Waals surface area (Å²) in [4.78, 5) is 17.3. The zero-order valence-electron chi connectivity index (χ0n) is 15.6. The van der Waals surface area contributed by atoms with Crippen LogP contribution in [0.4, 0.5) is 5.69 Å². The van der Waals surface area contributed by atoms with Crippen molar-refractivity contribution in [3.05, 3.63) is 48.7 Å². The van der Waals surface area contributed by atoms with E-state index in [2.05, 4.69) is 4.98 Å². The van der Waals surface area contributed by atoms with Gasteiger partial charge >= 0.3 is 0 Å². The summed E-state index contributed by atoms with van der Waals surface area (Å²) in [6, 6.07) is 12.3. The Morgan fingerprint density at radius 3 is 2.25 bits per heavy atom. The molecule has 0 aliphatic carbocycles. The maximum absolute atomic E-state index is 11.7. The number of fused-ring (bicyclic) bond motifs is 1. The number of aromatic nitrogens is 1. The third-order valence-electron chi connectivity index (χ3n) is 4.06. The first kappa shape index (κ1) is 19.4. The highest BCUT2D eigenvalue weighted by Crippen LogP contribution is 2.37. The molecule has 0 saturated carbocycles. The van der Waals surface area contributed by atoms with Gasteiger partial charge in [-0.1, -0.05) is 0 Å². The van der Waals surface area contributed by atoms with Gasteiger partial charge in [-0.3, -0.25) is 14.7 Å². The smallest absolute Gasteiger partial charge is 0.230 e. The number of thiocarbonyl (C=S) groups is 1. The van der Waals surface area contributed by atoms with Gasteiger partial charge in [0, 0.05) is 24.6 Å². The molecule has 0 aliphatic heterocycles. The van der Waals surface area contributed by atoms with E-state index in [1.165, 1.54) is 11.8 Å². The lowest BCUT2D eigenvalue weighted by Gasteiger charge is -2.19. The normalized spacial score (nSPS) is 10.4. The van der Waals surface area contributed by atoms with Crippen molar-refractivity contribution in [2.24, 2.45) is 5.73 Å². The molecule has 3 aromatic rings. The van der Waals surface area contributed by atoms with Crippen LogP contribution in [-0.2, 0) is 4.79 Å². The van der Waals surface area contributed by atoms with Crippen LogP contribution in [0, 0.1) is 0 Å².